The van der Waals surface area contributed by atoms with Gasteiger partial charge in [-0.2, -0.15) is 0 Å². The van der Waals surface area contributed by atoms with E-state index in [2.05, 4.69) is 6.58 Å². The van der Waals surface area contributed by atoms with Gasteiger partial charge >= 0.3 is 5.97 Å². The van der Waals surface area contributed by atoms with Crippen molar-refractivity contribution in [3.05, 3.63) is 40.9 Å². The number of hydrogen-bond acceptors (Lipinski definition) is 4. The molecule has 1 rings (SSSR count). The lowest BCUT2D eigenvalue weighted by Gasteiger charge is -2.13. The molecule has 0 aliphatic rings. The van der Waals surface area contributed by atoms with Crippen molar-refractivity contribution in [1.82, 2.24) is 0 Å². The predicted molar refractivity (Wildman–Crippen MR) is 78.5 cm³/mol. The highest BCUT2D eigenvalue weighted by Crippen LogP contribution is 2.32. The monoisotopic (exact) mass is 318 g/mol. The minimum atomic E-state index is -0.642. The van der Waals surface area contributed by atoms with E-state index in [1.807, 2.05) is 0 Å². The maximum Gasteiger partial charge on any atom is 0.335 e. The zero-order valence-corrected chi connectivity index (χ0v) is 12.6. The minimum absolute atomic E-state index is 0.0855. The van der Waals surface area contributed by atoms with Gasteiger partial charge < -0.3 is 14.2 Å². The first-order valence-corrected chi connectivity index (χ1v) is 6.77. The predicted octanol–water partition coefficient (Wildman–Crippen LogP) is 3.51. The lowest BCUT2D eigenvalue weighted by Crippen LogP contribution is -2.25. The Morgan fingerprint density at radius 1 is 1.35 bits per heavy atom. The second-order valence-electron chi connectivity index (χ2n) is 3.83. The Hall–Kier alpha value is -1.23. The average Bonchev–Trinajstić information content (AvgIpc) is 2.43. The van der Waals surface area contributed by atoms with Gasteiger partial charge in [-0.05, 0) is 19.1 Å². The van der Waals surface area contributed by atoms with Gasteiger partial charge in [-0.3, -0.25) is 0 Å². The molecule has 0 radical (unpaired) electrons. The molecule has 1 aromatic carbocycles. The van der Waals surface area contributed by atoms with Crippen molar-refractivity contribution in [1.29, 1.82) is 0 Å². The van der Waals surface area contributed by atoms with E-state index in [1.165, 1.54) is 0 Å². The molecule has 20 heavy (non-hydrogen) atoms. The molecular formula is C14H16Cl2O4. The van der Waals surface area contributed by atoms with Gasteiger partial charge in [0, 0.05) is 0 Å². The van der Waals surface area contributed by atoms with Gasteiger partial charge in [0.25, 0.3) is 0 Å². The molecule has 1 unspecified atom stereocenters. The van der Waals surface area contributed by atoms with E-state index in [1.54, 1.807) is 31.2 Å². The van der Waals surface area contributed by atoms with Gasteiger partial charge in [0.15, 0.2) is 11.9 Å². The van der Waals surface area contributed by atoms with Crippen molar-refractivity contribution in [2.45, 2.75) is 13.0 Å². The largest absolute Gasteiger partial charge is 0.487 e. The summed E-state index contributed by atoms with van der Waals surface area (Å²) in [6.45, 7) is 5.64. The van der Waals surface area contributed by atoms with Gasteiger partial charge in [0.1, 0.15) is 13.2 Å². The molecule has 0 aliphatic heterocycles. The molecule has 0 saturated heterocycles. The lowest BCUT2D eigenvalue weighted by molar-refractivity contribution is -0.155. The van der Waals surface area contributed by atoms with E-state index in [0.717, 1.165) is 0 Å². The molecule has 0 aromatic heterocycles. The van der Waals surface area contributed by atoms with Crippen molar-refractivity contribution in [3.8, 4) is 5.75 Å². The first-order chi connectivity index (χ1) is 9.56. The molecule has 0 bridgehead atoms. The van der Waals surface area contributed by atoms with Crippen molar-refractivity contribution in [2.75, 3.05) is 19.8 Å². The topological polar surface area (TPSA) is 44.8 Å². The number of hydrogen-bond donors (Lipinski definition) is 0. The Bertz CT molecular complexity index is 442. The Balaban J connectivity index is 2.31. The summed E-state index contributed by atoms with van der Waals surface area (Å²) >= 11 is 11.9. The van der Waals surface area contributed by atoms with E-state index >= 15 is 0 Å². The van der Waals surface area contributed by atoms with E-state index in [4.69, 9.17) is 37.4 Å². The molecule has 0 heterocycles. The van der Waals surface area contributed by atoms with Crippen molar-refractivity contribution < 1.29 is 19.0 Å². The molecule has 0 amide bonds. The number of benzene rings is 1. The number of rotatable bonds is 8. The van der Waals surface area contributed by atoms with Gasteiger partial charge in [0.2, 0.25) is 0 Å². The normalized spacial score (nSPS) is 11.8. The van der Waals surface area contributed by atoms with E-state index in [9.17, 15) is 4.79 Å². The Kier molecular flexibility index (Phi) is 7.44. The van der Waals surface area contributed by atoms with Crippen LogP contribution in [0.1, 0.15) is 6.92 Å². The summed E-state index contributed by atoms with van der Waals surface area (Å²) in [5.41, 5.74) is 0. The second-order valence-corrected chi connectivity index (χ2v) is 4.65. The van der Waals surface area contributed by atoms with Crippen molar-refractivity contribution in [2.24, 2.45) is 0 Å². The smallest absolute Gasteiger partial charge is 0.335 e. The van der Waals surface area contributed by atoms with Crippen molar-refractivity contribution in [3.63, 3.8) is 0 Å². The zero-order chi connectivity index (χ0) is 15.0. The molecule has 0 saturated carbocycles. The molecule has 6 heteroatoms. The number of halogens is 2. The van der Waals surface area contributed by atoms with Crippen LogP contribution in [0.5, 0.6) is 5.75 Å². The van der Waals surface area contributed by atoms with Crippen LogP contribution < -0.4 is 4.74 Å². The van der Waals surface area contributed by atoms with Gasteiger partial charge in [0.05, 0.1) is 16.7 Å². The van der Waals surface area contributed by atoms with E-state index < -0.39 is 12.1 Å². The summed E-state index contributed by atoms with van der Waals surface area (Å²) in [6, 6.07) is 5.05. The minimum Gasteiger partial charge on any atom is -0.487 e. The van der Waals surface area contributed by atoms with Crippen LogP contribution in [0.15, 0.2) is 30.9 Å². The van der Waals surface area contributed by atoms with Crippen molar-refractivity contribution >= 4 is 29.2 Å². The SMILES string of the molecule is C=CCOC(C)C(=O)OCCOc1c(Cl)cccc1Cl. The lowest BCUT2D eigenvalue weighted by atomic mass is 10.3. The summed E-state index contributed by atoms with van der Waals surface area (Å²) in [5, 5.41) is 0.818. The van der Waals surface area contributed by atoms with Crippen LogP contribution in [-0.2, 0) is 14.3 Å². The number of esters is 1. The number of carbonyl (C=O) groups excluding carboxylic acids is 1. The van der Waals surface area contributed by atoms with Gasteiger partial charge in [-0.15, -0.1) is 6.58 Å². The van der Waals surface area contributed by atoms with Crippen LogP contribution in [0.2, 0.25) is 10.0 Å². The molecule has 4 nitrogen and oxygen atoms in total. The maximum atomic E-state index is 11.5. The van der Waals surface area contributed by atoms with Crippen LogP contribution in [0.25, 0.3) is 0 Å². The third-order valence-electron chi connectivity index (χ3n) is 2.29. The molecule has 0 N–H and O–H groups in total. The third kappa shape index (κ3) is 5.41. The highest BCUT2D eigenvalue weighted by atomic mass is 35.5. The van der Waals surface area contributed by atoms with Crippen LogP contribution in [-0.4, -0.2) is 31.9 Å². The summed E-state index contributed by atoms with van der Waals surface area (Å²) in [7, 11) is 0. The highest BCUT2D eigenvalue weighted by Gasteiger charge is 2.14. The summed E-state index contributed by atoms with van der Waals surface area (Å²) in [4.78, 5) is 11.5. The first-order valence-electron chi connectivity index (χ1n) is 6.02. The standard InChI is InChI=1S/C14H16Cl2O4/c1-3-7-18-10(2)14(17)20-9-8-19-13-11(15)5-4-6-12(13)16/h3-6,10H,1,7-9H2,2H3. The highest BCUT2D eigenvalue weighted by molar-refractivity contribution is 6.37. The average molecular weight is 319 g/mol. The number of carbonyl (C=O) groups is 1. The second kappa shape index (κ2) is 8.84. The molecule has 1 atom stereocenters. The van der Waals surface area contributed by atoms with E-state index in [0.29, 0.717) is 22.4 Å². The van der Waals surface area contributed by atoms with Crippen LogP contribution in [0.3, 0.4) is 0 Å². The molecule has 0 aliphatic carbocycles. The zero-order valence-electron chi connectivity index (χ0n) is 11.1. The Labute approximate surface area is 128 Å². The van der Waals surface area contributed by atoms with Gasteiger partial charge in [-0.1, -0.05) is 35.3 Å². The van der Waals surface area contributed by atoms with Gasteiger partial charge in [-0.25, -0.2) is 4.79 Å². The number of para-hydroxylation sites is 1. The van der Waals surface area contributed by atoms with Crippen LogP contribution in [0, 0.1) is 0 Å². The van der Waals surface area contributed by atoms with Crippen LogP contribution >= 0.6 is 23.2 Å². The molecular weight excluding hydrogens is 303 g/mol. The molecule has 110 valence electrons. The summed E-state index contributed by atoms with van der Waals surface area (Å²) in [6.07, 6.45) is 0.920. The van der Waals surface area contributed by atoms with E-state index in [-0.39, 0.29) is 13.2 Å². The molecule has 1 aromatic rings. The third-order valence-corrected chi connectivity index (χ3v) is 2.88. The fourth-order valence-corrected chi connectivity index (χ4v) is 1.81. The fourth-order valence-electron chi connectivity index (χ4n) is 1.30. The molecule has 0 fully saturated rings. The Morgan fingerprint density at radius 2 is 2.00 bits per heavy atom. The van der Waals surface area contributed by atoms with Crippen LogP contribution in [0.4, 0.5) is 0 Å². The molecule has 0 spiro atoms. The quantitative estimate of drug-likeness (QED) is 0.418. The first kappa shape index (κ1) is 16.8. The number of ether oxygens (including phenoxy) is 3. The summed E-state index contributed by atoms with van der Waals surface area (Å²) < 4.78 is 15.5. The Morgan fingerprint density at radius 3 is 2.60 bits per heavy atom. The summed E-state index contributed by atoms with van der Waals surface area (Å²) in [5.74, 6) is -0.0801. The fraction of sp³-hybridized carbons (Fsp3) is 0.357. The maximum absolute atomic E-state index is 11.5.